The molecule has 0 bridgehead atoms. The van der Waals surface area contributed by atoms with Gasteiger partial charge >= 0.3 is 23.9 Å². The summed E-state index contributed by atoms with van der Waals surface area (Å²) in [6.07, 6.45) is -4.17. The Morgan fingerprint density at radius 1 is 0.463 bits per heavy atom. The average Bonchev–Trinajstić information content (AvgIpc) is 3.62. The summed E-state index contributed by atoms with van der Waals surface area (Å²) in [4.78, 5) is 26.9. The summed E-state index contributed by atoms with van der Waals surface area (Å²) in [6.45, 7) is 27.5. The van der Waals surface area contributed by atoms with Crippen LogP contribution in [0.25, 0.3) is 11.1 Å². The molecule has 0 saturated carbocycles. The van der Waals surface area contributed by atoms with Crippen molar-refractivity contribution in [2.24, 2.45) is 0 Å². The molecule has 0 aromatic heterocycles. The van der Waals surface area contributed by atoms with Crippen molar-refractivity contribution in [3.05, 3.63) is 155 Å². The van der Waals surface area contributed by atoms with Gasteiger partial charge in [-0.3, -0.25) is 0 Å². The molecular weight excluding hydrogens is 853 g/mol. The zero-order valence-corrected chi connectivity index (χ0v) is 41.0. The Balaban J connectivity index is 1.76. The third-order valence-corrected chi connectivity index (χ3v) is 11.5. The Morgan fingerprint density at radius 2 is 0.761 bits per heavy atom. The summed E-state index contributed by atoms with van der Waals surface area (Å²) in [7, 11) is 0. The lowest BCUT2D eigenvalue weighted by Gasteiger charge is -2.41. The van der Waals surface area contributed by atoms with Crippen molar-refractivity contribution < 1.29 is 57.0 Å². The van der Waals surface area contributed by atoms with Gasteiger partial charge in [-0.15, -0.1) is 0 Å². The summed E-state index contributed by atoms with van der Waals surface area (Å²) in [5, 5.41) is 0. The largest absolute Gasteiger partial charge is 0.451 e. The minimum atomic E-state index is -1.70. The molecular formula is C55H70O12. The van der Waals surface area contributed by atoms with Crippen LogP contribution in [0.1, 0.15) is 115 Å². The first-order chi connectivity index (χ1) is 32.3. The number of ether oxygens (including phenoxy) is 10. The molecule has 0 fully saturated rings. The fourth-order valence-corrected chi connectivity index (χ4v) is 8.97. The SMILES string of the molecule is C=C(C)C(=O)OC(c1ccc(C2(c3ccc(C(OC(=O)C(=C)C)C(OCC)C(OCC)(OCC)OCC)cc3)c3ccccc3-c3ccccc32)cc1)C(OCC)C(OCC)(OCC)OCC. The maximum absolute atomic E-state index is 13.5. The Morgan fingerprint density at radius 3 is 1.03 bits per heavy atom. The van der Waals surface area contributed by atoms with Gasteiger partial charge in [-0.2, -0.15) is 0 Å². The lowest BCUT2D eigenvalue weighted by molar-refractivity contribution is -0.424. The zero-order chi connectivity index (χ0) is 48.8. The Hall–Kier alpha value is -5.02. The van der Waals surface area contributed by atoms with Gasteiger partial charge in [0.05, 0.1) is 5.41 Å². The molecule has 4 unspecified atom stereocenters. The number of carbonyl (C=O) groups excluding carboxylic acids is 2. The van der Waals surface area contributed by atoms with Crippen molar-refractivity contribution in [1.82, 2.24) is 0 Å². The zero-order valence-electron chi connectivity index (χ0n) is 41.0. The first kappa shape index (κ1) is 52.9. The van der Waals surface area contributed by atoms with E-state index in [1.807, 2.05) is 104 Å². The van der Waals surface area contributed by atoms with E-state index in [4.69, 9.17) is 47.4 Å². The highest BCUT2D eigenvalue weighted by Gasteiger charge is 2.52. The fourth-order valence-electron chi connectivity index (χ4n) is 8.97. The van der Waals surface area contributed by atoms with Crippen LogP contribution in [0.15, 0.2) is 121 Å². The molecule has 4 aromatic carbocycles. The molecule has 0 amide bonds. The number of benzene rings is 4. The molecule has 0 aliphatic heterocycles. The highest BCUT2D eigenvalue weighted by molar-refractivity contribution is 5.88. The molecule has 0 N–H and O–H groups in total. The molecule has 12 nitrogen and oxygen atoms in total. The normalized spacial score (nSPS) is 14.9. The van der Waals surface area contributed by atoms with E-state index in [1.54, 1.807) is 13.8 Å². The lowest BCUT2D eigenvalue weighted by Crippen LogP contribution is -2.54. The summed E-state index contributed by atoms with van der Waals surface area (Å²) in [5.41, 5.74) is 7.01. The van der Waals surface area contributed by atoms with Gasteiger partial charge in [-0.05, 0) is 114 Å². The van der Waals surface area contributed by atoms with Crippen LogP contribution in [0.2, 0.25) is 0 Å². The van der Waals surface area contributed by atoms with Crippen LogP contribution in [-0.4, -0.2) is 88.9 Å². The molecule has 5 rings (SSSR count). The van der Waals surface area contributed by atoms with Gasteiger partial charge in [-0.1, -0.05) is 110 Å². The maximum Gasteiger partial charge on any atom is 0.333 e. The number of hydrogen-bond donors (Lipinski definition) is 0. The minimum absolute atomic E-state index is 0.219. The van der Waals surface area contributed by atoms with E-state index >= 15 is 0 Å². The minimum Gasteiger partial charge on any atom is -0.451 e. The standard InChI is InChI=1S/C55H70O12/c1-13-58-49(54(60-15-3,61-16-4)62-17-5)47(66-51(56)37(9)10)39-29-33-41(34-30-39)53(45-27-23-21-25-43(45)44-26-22-24-28-46(44)53)42-35-31-40(32-36-42)48(67-52(57)38(11)12)50(59-14-2)55(63-18-6,64-19-7)65-20-8/h21-36,47-50H,9,11,13-20H2,1-8,10,12H3. The Kier molecular flexibility index (Phi) is 19.2. The van der Waals surface area contributed by atoms with E-state index in [0.29, 0.717) is 11.1 Å². The number of rotatable bonds is 28. The van der Waals surface area contributed by atoms with E-state index in [1.165, 1.54) is 0 Å². The van der Waals surface area contributed by atoms with E-state index in [-0.39, 0.29) is 64.0 Å². The summed E-state index contributed by atoms with van der Waals surface area (Å²) in [5.74, 6) is -4.62. The molecule has 0 heterocycles. The second kappa shape index (κ2) is 24.3. The molecule has 67 heavy (non-hydrogen) atoms. The molecule has 1 aliphatic rings. The molecule has 362 valence electrons. The second-order valence-corrected chi connectivity index (χ2v) is 15.9. The first-order valence-corrected chi connectivity index (χ1v) is 23.5. The molecule has 0 radical (unpaired) electrons. The van der Waals surface area contributed by atoms with Crippen molar-refractivity contribution in [3.8, 4) is 11.1 Å². The van der Waals surface area contributed by atoms with Crippen molar-refractivity contribution in [2.45, 2.75) is 111 Å². The predicted molar refractivity (Wildman–Crippen MR) is 257 cm³/mol. The predicted octanol–water partition coefficient (Wildman–Crippen LogP) is 10.7. The van der Waals surface area contributed by atoms with E-state index in [0.717, 1.165) is 33.4 Å². The maximum atomic E-state index is 13.5. The number of esters is 2. The second-order valence-electron chi connectivity index (χ2n) is 15.9. The molecule has 4 aromatic rings. The Bertz CT molecular complexity index is 2060. The number of fused-ring (bicyclic) bond motifs is 3. The van der Waals surface area contributed by atoms with Crippen LogP contribution in [0, 0.1) is 0 Å². The lowest BCUT2D eigenvalue weighted by atomic mass is 9.67. The topological polar surface area (TPSA) is 126 Å². The van der Waals surface area contributed by atoms with Gasteiger partial charge in [0.15, 0.2) is 24.4 Å². The van der Waals surface area contributed by atoms with Crippen molar-refractivity contribution in [3.63, 3.8) is 0 Å². The summed E-state index contributed by atoms with van der Waals surface area (Å²) >= 11 is 0. The summed E-state index contributed by atoms with van der Waals surface area (Å²) in [6, 6.07) is 32.8. The average molecular weight is 923 g/mol. The van der Waals surface area contributed by atoms with Crippen molar-refractivity contribution >= 4 is 11.9 Å². The van der Waals surface area contributed by atoms with Crippen LogP contribution < -0.4 is 0 Å². The van der Waals surface area contributed by atoms with Crippen molar-refractivity contribution in [2.75, 3.05) is 52.9 Å². The van der Waals surface area contributed by atoms with Crippen LogP contribution in [0.3, 0.4) is 0 Å². The van der Waals surface area contributed by atoms with E-state index < -0.39 is 53.7 Å². The number of carbonyl (C=O) groups is 2. The third kappa shape index (κ3) is 11.0. The van der Waals surface area contributed by atoms with Gasteiger partial charge < -0.3 is 47.4 Å². The molecule has 0 spiro atoms. The summed E-state index contributed by atoms with van der Waals surface area (Å²) < 4.78 is 62.6. The van der Waals surface area contributed by atoms with Crippen LogP contribution in [-0.2, 0) is 62.4 Å². The first-order valence-electron chi connectivity index (χ1n) is 23.5. The van der Waals surface area contributed by atoms with Gasteiger partial charge in [0.25, 0.3) is 0 Å². The van der Waals surface area contributed by atoms with Crippen LogP contribution >= 0.6 is 0 Å². The molecule has 4 atom stereocenters. The van der Waals surface area contributed by atoms with Crippen LogP contribution in [0.5, 0.6) is 0 Å². The van der Waals surface area contributed by atoms with Crippen molar-refractivity contribution in [1.29, 1.82) is 0 Å². The van der Waals surface area contributed by atoms with Gasteiger partial charge in [-0.25, -0.2) is 9.59 Å². The van der Waals surface area contributed by atoms with E-state index in [9.17, 15) is 9.59 Å². The highest BCUT2D eigenvalue weighted by atomic mass is 16.9. The molecule has 0 saturated heterocycles. The highest BCUT2D eigenvalue weighted by Crippen LogP contribution is 2.56. The molecule has 12 heteroatoms. The van der Waals surface area contributed by atoms with Gasteiger partial charge in [0.1, 0.15) is 0 Å². The number of hydrogen-bond acceptors (Lipinski definition) is 12. The molecule has 1 aliphatic carbocycles. The monoisotopic (exact) mass is 922 g/mol. The smallest absolute Gasteiger partial charge is 0.333 e. The van der Waals surface area contributed by atoms with Gasteiger partial charge in [0.2, 0.25) is 0 Å². The van der Waals surface area contributed by atoms with Gasteiger partial charge in [0, 0.05) is 64.0 Å². The fraction of sp³-hybridized carbons (Fsp3) is 0.455. The third-order valence-electron chi connectivity index (χ3n) is 11.5. The van der Waals surface area contributed by atoms with Crippen LogP contribution in [0.4, 0.5) is 0 Å². The Labute approximate surface area is 397 Å². The van der Waals surface area contributed by atoms with E-state index in [2.05, 4.69) is 61.7 Å². The quantitative estimate of drug-likeness (QED) is 0.0269.